The lowest BCUT2D eigenvalue weighted by molar-refractivity contribution is 0.0925. The monoisotopic (exact) mass is 233 g/mol. The van der Waals surface area contributed by atoms with E-state index < -0.39 is 0 Å². The Labute approximate surface area is 101 Å². The van der Waals surface area contributed by atoms with E-state index in [2.05, 4.69) is 15.2 Å². The molecule has 1 aliphatic heterocycles. The van der Waals surface area contributed by atoms with E-state index in [4.69, 9.17) is 0 Å². The van der Waals surface area contributed by atoms with Crippen molar-refractivity contribution in [2.75, 3.05) is 13.1 Å². The van der Waals surface area contributed by atoms with Crippen molar-refractivity contribution in [3.63, 3.8) is 0 Å². The molecule has 17 heavy (non-hydrogen) atoms. The number of nitrogens with one attached hydrogen (secondary N) is 2. The summed E-state index contributed by atoms with van der Waals surface area (Å²) in [6.07, 6.45) is 6.78. The first-order valence-electron chi connectivity index (χ1n) is 6.53. The lowest BCUT2D eigenvalue weighted by Gasteiger charge is -2.29. The number of amides is 1. The molecule has 1 amide bonds. The maximum Gasteiger partial charge on any atom is 0.268 e. The van der Waals surface area contributed by atoms with Crippen LogP contribution in [0.25, 0.3) is 0 Å². The van der Waals surface area contributed by atoms with Crippen LogP contribution < -0.4 is 10.6 Å². The molecule has 2 fully saturated rings. The van der Waals surface area contributed by atoms with Gasteiger partial charge in [-0.2, -0.15) is 0 Å². The molecule has 1 saturated carbocycles. The third kappa shape index (κ3) is 2.09. The van der Waals surface area contributed by atoms with Gasteiger partial charge >= 0.3 is 0 Å². The summed E-state index contributed by atoms with van der Waals surface area (Å²) in [4.78, 5) is 12.2. The minimum atomic E-state index is 0.0793. The van der Waals surface area contributed by atoms with E-state index in [0.717, 1.165) is 25.2 Å². The van der Waals surface area contributed by atoms with Gasteiger partial charge in [-0.1, -0.05) is 0 Å². The van der Waals surface area contributed by atoms with Gasteiger partial charge in [0.2, 0.25) is 0 Å². The average molecular weight is 233 g/mol. The van der Waals surface area contributed by atoms with E-state index in [1.54, 1.807) is 0 Å². The molecule has 92 valence electrons. The Kier molecular flexibility index (Phi) is 2.89. The summed E-state index contributed by atoms with van der Waals surface area (Å²) in [5.74, 6) is 0.0793. The Morgan fingerprint density at radius 1 is 1.41 bits per heavy atom. The minimum absolute atomic E-state index is 0.0793. The van der Waals surface area contributed by atoms with Crippen LogP contribution in [0.5, 0.6) is 0 Å². The second kappa shape index (κ2) is 4.53. The maximum atomic E-state index is 12.2. The molecule has 0 bridgehead atoms. The number of hydrogen-bond donors (Lipinski definition) is 2. The Morgan fingerprint density at radius 3 is 2.94 bits per heavy atom. The van der Waals surface area contributed by atoms with E-state index >= 15 is 0 Å². The van der Waals surface area contributed by atoms with Crippen molar-refractivity contribution in [2.24, 2.45) is 0 Å². The fourth-order valence-corrected chi connectivity index (χ4v) is 2.61. The Hall–Kier alpha value is -1.29. The summed E-state index contributed by atoms with van der Waals surface area (Å²) in [7, 11) is 0. The number of nitrogens with zero attached hydrogens (tertiary/aromatic N) is 1. The molecule has 4 heteroatoms. The lowest BCUT2D eigenvalue weighted by Crippen LogP contribution is -2.37. The summed E-state index contributed by atoms with van der Waals surface area (Å²) < 4.78 is 2.14. The Bertz CT molecular complexity index is 403. The molecule has 0 spiro atoms. The first-order valence-corrected chi connectivity index (χ1v) is 6.53. The third-order valence-corrected chi connectivity index (χ3v) is 3.88. The van der Waals surface area contributed by atoms with Gasteiger partial charge in [0.1, 0.15) is 5.69 Å². The van der Waals surface area contributed by atoms with Crippen LogP contribution >= 0.6 is 0 Å². The molecule has 2 N–H and O–H groups in total. The Morgan fingerprint density at radius 2 is 2.29 bits per heavy atom. The molecule has 1 aromatic rings. The van der Waals surface area contributed by atoms with Crippen LogP contribution in [0.3, 0.4) is 0 Å². The number of rotatable bonds is 3. The van der Waals surface area contributed by atoms with Crippen LogP contribution in [0.15, 0.2) is 18.3 Å². The second-order valence-electron chi connectivity index (χ2n) is 5.05. The van der Waals surface area contributed by atoms with E-state index in [0.29, 0.717) is 12.1 Å². The van der Waals surface area contributed by atoms with Crippen LogP contribution in [0.4, 0.5) is 0 Å². The summed E-state index contributed by atoms with van der Waals surface area (Å²) in [6.45, 7) is 1.91. The van der Waals surface area contributed by atoms with Gasteiger partial charge in [-0.05, 0) is 44.4 Å². The van der Waals surface area contributed by atoms with Gasteiger partial charge in [-0.25, -0.2) is 0 Å². The molecular weight excluding hydrogens is 214 g/mol. The minimum Gasteiger partial charge on any atom is -0.347 e. The zero-order valence-corrected chi connectivity index (χ0v) is 9.98. The highest BCUT2D eigenvalue weighted by Crippen LogP contribution is 2.32. The number of carbonyl (C=O) groups is 1. The predicted molar refractivity (Wildman–Crippen MR) is 66.1 cm³/mol. The van der Waals surface area contributed by atoms with Crippen LogP contribution in [0.1, 0.15) is 42.2 Å². The first kappa shape index (κ1) is 10.8. The smallest absolute Gasteiger partial charge is 0.268 e. The largest absolute Gasteiger partial charge is 0.347 e. The lowest BCUT2D eigenvalue weighted by atomic mass is 9.93. The van der Waals surface area contributed by atoms with Gasteiger partial charge in [-0.3, -0.25) is 4.79 Å². The normalized spacial score (nSPS) is 24.6. The molecule has 1 saturated heterocycles. The standard InChI is InChI=1S/C13H19N3O/c17-13(15-10-6-7-14-9-10)12-5-2-8-16(12)11-3-1-4-11/h2,5,8,10-11,14H,1,3-4,6-7,9H2,(H,15,17)/t10-/m0/s1. The third-order valence-electron chi connectivity index (χ3n) is 3.88. The zero-order chi connectivity index (χ0) is 11.7. The predicted octanol–water partition coefficient (Wildman–Crippen LogP) is 1.30. The van der Waals surface area contributed by atoms with Gasteiger partial charge in [0.15, 0.2) is 0 Å². The van der Waals surface area contributed by atoms with E-state index in [1.165, 1.54) is 19.3 Å². The van der Waals surface area contributed by atoms with Gasteiger partial charge in [0.05, 0.1) is 0 Å². The summed E-state index contributed by atoms with van der Waals surface area (Å²) >= 11 is 0. The molecule has 2 aliphatic rings. The van der Waals surface area contributed by atoms with Crippen molar-refractivity contribution in [1.29, 1.82) is 0 Å². The van der Waals surface area contributed by atoms with Gasteiger partial charge < -0.3 is 15.2 Å². The summed E-state index contributed by atoms with van der Waals surface area (Å²) in [5, 5.41) is 6.36. The molecule has 0 radical (unpaired) electrons. The summed E-state index contributed by atoms with van der Waals surface area (Å²) in [6, 6.07) is 4.75. The van der Waals surface area contributed by atoms with Crippen molar-refractivity contribution < 1.29 is 4.79 Å². The summed E-state index contributed by atoms with van der Waals surface area (Å²) in [5.41, 5.74) is 0.821. The second-order valence-corrected chi connectivity index (χ2v) is 5.05. The molecule has 2 heterocycles. The van der Waals surface area contributed by atoms with Crippen LogP contribution in [0.2, 0.25) is 0 Å². The Balaban J connectivity index is 1.69. The number of carbonyl (C=O) groups excluding carboxylic acids is 1. The molecule has 4 nitrogen and oxygen atoms in total. The molecule has 1 aliphatic carbocycles. The van der Waals surface area contributed by atoms with Crippen LogP contribution in [0, 0.1) is 0 Å². The topological polar surface area (TPSA) is 46.1 Å². The highest BCUT2D eigenvalue weighted by Gasteiger charge is 2.24. The van der Waals surface area contributed by atoms with E-state index in [1.807, 2.05) is 18.3 Å². The molecule has 0 unspecified atom stereocenters. The van der Waals surface area contributed by atoms with Crippen LogP contribution in [-0.2, 0) is 0 Å². The van der Waals surface area contributed by atoms with Crippen molar-refractivity contribution in [3.05, 3.63) is 24.0 Å². The number of hydrogen-bond acceptors (Lipinski definition) is 2. The maximum absolute atomic E-state index is 12.2. The number of aromatic nitrogens is 1. The molecule has 3 rings (SSSR count). The first-order chi connectivity index (χ1) is 8.34. The zero-order valence-electron chi connectivity index (χ0n) is 9.98. The van der Waals surface area contributed by atoms with Crippen molar-refractivity contribution in [1.82, 2.24) is 15.2 Å². The molecule has 0 aromatic carbocycles. The highest BCUT2D eigenvalue weighted by molar-refractivity contribution is 5.93. The fraction of sp³-hybridized carbons (Fsp3) is 0.615. The van der Waals surface area contributed by atoms with Gasteiger partial charge in [0.25, 0.3) is 5.91 Å². The van der Waals surface area contributed by atoms with E-state index in [-0.39, 0.29) is 5.91 Å². The van der Waals surface area contributed by atoms with E-state index in [9.17, 15) is 4.79 Å². The average Bonchev–Trinajstić information content (AvgIpc) is 2.85. The van der Waals surface area contributed by atoms with Gasteiger partial charge in [0, 0.05) is 24.8 Å². The molecule has 1 atom stereocenters. The quantitative estimate of drug-likeness (QED) is 0.826. The highest BCUT2D eigenvalue weighted by atomic mass is 16.2. The SMILES string of the molecule is O=C(N[C@H]1CCNC1)c1cccn1C1CCC1. The van der Waals surface area contributed by atoms with Crippen molar-refractivity contribution in [2.45, 2.75) is 37.8 Å². The molecule has 1 aromatic heterocycles. The molecular formula is C13H19N3O. The van der Waals surface area contributed by atoms with Crippen LogP contribution in [-0.4, -0.2) is 29.6 Å². The van der Waals surface area contributed by atoms with Crippen molar-refractivity contribution in [3.8, 4) is 0 Å². The van der Waals surface area contributed by atoms with Crippen molar-refractivity contribution >= 4 is 5.91 Å². The van der Waals surface area contributed by atoms with Gasteiger partial charge in [-0.15, -0.1) is 0 Å². The fourth-order valence-electron chi connectivity index (χ4n) is 2.61.